The third-order valence-electron chi connectivity index (χ3n) is 2.90. The molecule has 3 heteroatoms. The van der Waals surface area contributed by atoms with Crippen LogP contribution in [0.2, 0.25) is 0 Å². The van der Waals surface area contributed by atoms with Gasteiger partial charge in [0.2, 0.25) is 0 Å². The minimum atomic E-state index is -0.294. The molecule has 0 aliphatic rings. The van der Waals surface area contributed by atoms with Crippen LogP contribution in [0.25, 0.3) is 0 Å². The molecule has 0 radical (unpaired) electrons. The van der Waals surface area contributed by atoms with Crippen LogP contribution in [0.15, 0.2) is 30.3 Å². The summed E-state index contributed by atoms with van der Waals surface area (Å²) in [6.07, 6.45) is 0. The standard InChI is InChI=1S/C15H23NO2/c1-5-18-15(17)12(4)16-14(11(2)3)13-9-7-6-8-10-13/h6-12,14,16H,5H2,1-4H3. The van der Waals surface area contributed by atoms with Crippen molar-refractivity contribution >= 4 is 5.97 Å². The van der Waals surface area contributed by atoms with E-state index >= 15 is 0 Å². The highest BCUT2D eigenvalue weighted by atomic mass is 16.5. The van der Waals surface area contributed by atoms with Crippen molar-refractivity contribution < 1.29 is 9.53 Å². The Hall–Kier alpha value is -1.35. The first-order valence-electron chi connectivity index (χ1n) is 6.53. The summed E-state index contributed by atoms with van der Waals surface area (Å²) in [5.74, 6) is 0.211. The molecular formula is C15H23NO2. The van der Waals surface area contributed by atoms with Crippen LogP contribution in [-0.2, 0) is 9.53 Å². The van der Waals surface area contributed by atoms with Gasteiger partial charge in [-0.15, -0.1) is 0 Å². The van der Waals surface area contributed by atoms with Crippen LogP contribution in [0.5, 0.6) is 0 Å². The van der Waals surface area contributed by atoms with Gasteiger partial charge in [-0.2, -0.15) is 0 Å². The maximum Gasteiger partial charge on any atom is 0.322 e. The number of hydrogen-bond donors (Lipinski definition) is 1. The summed E-state index contributed by atoms with van der Waals surface area (Å²) in [4.78, 5) is 11.6. The molecule has 0 aliphatic heterocycles. The van der Waals surface area contributed by atoms with E-state index in [2.05, 4.69) is 31.3 Å². The molecule has 3 nitrogen and oxygen atoms in total. The second-order valence-corrected chi connectivity index (χ2v) is 4.77. The lowest BCUT2D eigenvalue weighted by atomic mass is 9.95. The summed E-state index contributed by atoms with van der Waals surface area (Å²) in [6, 6.07) is 10.0. The molecule has 1 aromatic rings. The van der Waals surface area contributed by atoms with Gasteiger partial charge < -0.3 is 4.74 Å². The van der Waals surface area contributed by atoms with Crippen molar-refractivity contribution in [1.82, 2.24) is 5.32 Å². The predicted molar refractivity (Wildman–Crippen MR) is 73.3 cm³/mol. The van der Waals surface area contributed by atoms with Gasteiger partial charge in [0, 0.05) is 6.04 Å². The number of rotatable bonds is 6. The fourth-order valence-corrected chi connectivity index (χ4v) is 1.94. The number of nitrogens with one attached hydrogen (secondary N) is 1. The van der Waals surface area contributed by atoms with Crippen molar-refractivity contribution in [2.75, 3.05) is 6.61 Å². The second-order valence-electron chi connectivity index (χ2n) is 4.77. The van der Waals surface area contributed by atoms with E-state index in [4.69, 9.17) is 4.74 Å². The van der Waals surface area contributed by atoms with Crippen LogP contribution >= 0.6 is 0 Å². The van der Waals surface area contributed by atoms with E-state index in [1.165, 1.54) is 5.56 Å². The SMILES string of the molecule is CCOC(=O)C(C)NC(c1ccccc1)C(C)C. The molecule has 100 valence electrons. The van der Waals surface area contributed by atoms with E-state index in [1.807, 2.05) is 32.0 Å². The van der Waals surface area contributed by atoms with Gasteiger partial charge in [0.25, 0.3) is 0 Å². The van der Waals surface area contributed by atoms with E-state index in [-0.39, 0.29) is 18.1 Å². The number of ether oxygens (including phenoxy) is 1. The Morgan fingerprint density at radius 2 is 1.83 bits per heavy atom. The molecule has 0 saturated heterocycles. The molecule has 18 heavy (non-hydrogen) atoms. The lowest BCUT2D eigenvalue weighted by Gasteiger charge is -2.26. The molecule has 0 aromatic heterocycles. The van der Waals surface area contributed by atoms with Gasteiger partial charge >= 0.3 is 5.97 Å². The van der Waals surface area contributed by atoms with Gasteiger partial charge in [-0.05, 0) is 25.3 Å². The lowest BCUT2D eigenvalue weighted by molar-refractivity contribution is -0.145. The van der Waals surface area contributed by atoms with Gasteiger partial charge in [-0.25, -0.2) is 0 Å². The molecule has 0 heterocycles. The molecule has 2 unspecified atom stereocenters. The van der Waals surface area contributed by atoms with Gasteiger partial charge in [-0.3, -0.25) is 10.1 Å². The topological polar surface area (TPSA) is 38.3 Å². The van der Waals surface area contributed by atoms with Crippen LogP contribution < -0.4 is 5.32 Å². The zero-order valence-electron chi connectivity index (χ0n) is 11.6. The predicted octanol–water partition coefficient (Wildman–Crippen LogP) is 2.92. The van der Waals surface area contributed by atoms with Crippen LogP contribution in [0.1, 0.15) is 39.3 Å². The highest BCUT2D eigenvalue weighted by Gasteiger charge is 2.22. The largest absolute Gasteiger partial charge is 0.465 e. The fraction of sp³-hybridized carbons (Fsp3) is 0.533. The summed E-state index contributed by atoms with van der Waals surface area (Å²) < 4.78 is 5.02. The lowest BCUT2D eigenvalue weighted by Crippen LogP contribution is -2.39. The fourth-order valence-electron chi connectivity index (χ4n) is 1.94. The number of carbonyl (C=O) groups is 1. The van der Waals surface area contributed by atoms with Crippen LogP contribution in [0.3, 0.4) is 0 Å². The summed E-state index contributed by atoms with van der Waals surface area (Å²) in [5.41, 5.74) is 1.20. The molecule has 0 spiro atoms. The normalized spacial score (nSPS) is 14.3. The first-order valence-corrected chi connectivity index (χ1v) is 6.53. The van der Waals surface area contributed by atoms with Crippen molar-refractivity contribution in [3.8, 4) is 0 Å². The number of carbonyl (C=O) groups excluding carboxylic acids is 1. The van der Waals surface area contributed by atoms with Crippen molar-refractivity contribution in [3.63, 3.8) is 0 Å². The zero-order chi connectivity index (χ0) is 13.5. The Morgan fingerprint density at radius 1 is 1.22 bits per heavy atom. The summed E-state index contributed by atoms with van der Waals surface area (Å²) in [5, 5.41) is 3.34. The second kappa shape index (κ2) is 7.17. The smallest absolute Gasteiger partial charge is 0.322 e. The monoisotopic (exact) mass is 249 g/mol. The van der Waals surface area contributed by atoms with E-state index < -0.39 is 0 Å². The minimum absolute atomic E-state index is 0.158. The van der Waals surface area contributed by atoms with E-state index in [1.54, 1.807) is 0 Å². The van der Waals surface area contributed by atoms with Crippen molar-refractivity contribution in [2.45, 2.75) is 39.8 Å². The van der Waals surface area contributed by atoms with Crippen molar-refractivity contribution in [3.05, 3.63) is 35.9 Å². The highest BCUT2D eigenvalue weighted by Crippen LogP contribution is 2.21. The Morgan fingerprint density at radius 3 is 2.33 bits per heavy atom. The van der Waals surface area contributed by atoms with Crippen molar-refractivity contribution in [2.24, 2.45) is 5.92 Å². The molecule has 2 atom stereocenters. The number of esters is 1. The first kappa shape index (κ1) is 14.7. The Bertz CT molecular complexity index is 362. The third-order valence-corrected chi connectivity index (χ3v) is 2.90. The van der Waals surface area contributed by atoms with Gasteiger partial charge in [0.15, 0.2) is 0 Å². The van der Waals surface area contributed by atoms with Gasteiger partial charge in [0.1, 0.15) is 6.04 Å². The molecule has 0 bridgehead atoms. The van der Waals surface area contributed by atoms with Crippen LogP contribution in [0, 0.1) is 5.92 Å². The molecule has 0 fully saturated rings. The highest BCUT2D eigenvalue weighted by molar-refractivity contribution is 5.75. The van der Waals surface area contributed by atoms with Crippen molar-refractivity contribution in [1.29, 1.82) is 0 Å². The van der Waals surface area contributed by atoms with E-state index in [0.717, 1.165) is 0 Å². The molecule has 1 N–H and O–H groups in total. The van der Waals surface area contributed by atoms with E-state index in [0.29, 0.717) is 12.5 Å². The Labute approximate surface area is 110 Å². The third kappa shape index (κ3) is 4.15. The molecule has 0 saturated carbocycles. The summed E-state index contributed by atoms with van der Waals surface area (Å²) >= 11 is 0. The number of hydrogen-bond acceptors (Lipinski definition) is 3. The maximum absolute atomic E-state index is 11.6. The summed E-state index contributed by atoms with van der Waals surface area (Å²) in [6.45, 7) is 8.37. The molecule has 1 aromatic carbocycles. The molecule has 0 amide bonds. The zero-order valence-corrected chi connectivity index (χ0v) is 11.6. The summed E-state index contributed by atoms with van der Waals surface area (Å²) in [7, 11) is 0. The van der Waals surface area contributed by atoms with E-state index in [9.17, 15) is 4.79 Å². The van der Waals surface area contributed by atoms with Crippen LogP contribution in [0.4, 0.5) is 0 Å². The average molecular weight is 249 g/mol. The number of benzene rings is 1. The van der Waals surface area contributed by atoms with Gasteiger partial charge in [0.05, 0.1) is 6.61 Å². The first-order chi connectivity index (χ1) is 8.56. The quantitative estimate of drug-likeness (QED) is 0.788. The minimum Gasteiger partial charge on any atom is -0.465 e. The molecule has 0 aliphatic carbocycles. The van der Waals surface area contributed by atoms with Gasteiger partial charge in [-0.1, -0.05) is 44.2 Å². The molecular weight excluding hydrogens is 226 g/mol. The maximum atomic E-state index is 11.6. The van der Waals surface area contributed by atoms with Crippen LogP contribution in [-0.4, -0.2) is 18.6 Å². The average Bonchev–Trinajstić information content (AvgIpc) is 2.36. The Kier molecular flexibility index (Phi) is 5.86. The molecule has 1 rings (SSSR count). The Balaban J connectivity index is 2.73.